The Morgan fingerprint density at radius 1 is 0.895 bits per heavy atom. The van der Waals surface area contributed by atoms with Crippen LogP contribution in [0.15, 0.2) is 12.2 Å². The van der Waals surface area contributed by atoms with Gasteiger partial charge in [0.1, 0.15) is 0 Å². The van der Waals surface area contributed by atoms with Crippen molar-refractivity contribution in [2.45, 2.75) is 84.5 Å². The van der Waals surface area contributed by atoms with Gasteiger partial charge in [-0.15, -0.1) is 0 Å². The van der Waals surface area contributed by atoms with E-state index in [4.69, 9.17) is 5.11 Å². The second-order valence-electron chi connectivity index (χ2n) is 5.85. The molecule has 112 valence electrons. The molecule has 0 aromatic carbocycles. The van der Waals surface area contributed by atoms with Crippen LogP contribution in [-0.2, 0) is 4.79 Å². The number of allylic oxidation sites excluding steroid dienone is 2. The molecule has 19 heavy (non-hydrogen) atoms. The van der Waals surface area contributed by atoms with Gasteiger partial charge in [0.05, 0.1) is 0 Å². The summed E-state index contributed by atoms with van der Waals surface area (Å²) in [7, 11) is 0. The lowest BCUT2D eigenvalue weighted by Crippen LogP contribution is -1.93. The van der Waals surface area contributed by atoms with Crippen LogP contribution in [0.2, 0.25) is 0 Å². The van der Waals surface area contributed by atoms with E-state index >= 15 is 0 Å². The van der Waals surface area contributed by atoms with E-state index in [0.29, 0.717) is 6.42 Å². The molecule has 0 rings (SSSR count). The molecule has 0 radical (unpaired) electrons. The topological polar surface area (TPSA) is 37.3 Å². The van der Waals surface area contributed by atoms with Crippen LogP contribution in [0.4, 0.5) is 0 Å². The van der Waals surface area contributed by atoms with Gasteiger partial charge in [-0.1, -0.05) is 58.1 Å². The zero-order valence-electron chi connectivity index (χ0n) is 12.9. The summed E-state index contributed by atoms with van der Waals surface area (Å²) in [5.74, 6) is 0.164. The molecule has 0 heterocycles. The Morgan fingerprint density at radius 2 is 1.42 bits per heavy atom. The minimum absolute atomic E-state index is 0.332. The van der Waals surface area contributed by atoms with Gasteiger partial charge in [-0.05, 0) is 38.0 Å². The molecule has 0 spiro atoms. The maximum absolute atomic E-state index is 10.3. The minimum atomic E-state index is -0.664. The van der Waals surface area contributed by atoms with E-state index in [2.05, 4.69) is 26.0 Å². The van der Waals surface area contributed by atoms with Crippen molar-refractivity contribution in [2.24, 2.45) is 5.92 Å². The van der Waals surface area contributed by atoms with Gasteiger partial charge >= 0.3 is 5.97 Å². The molecule has 2 nitrogen and oxygen atoms in total. The van der Waals surface area contributed by atoms with E-state index in [9.17, 15) is 4.79 Å². The third kappa shape index (κ3) is 17.2. The van der Waals surface area contributed by atoms with E-state index in [1.807, 2.05) is 0 Å². The molecule has 0 aromatic rings. The van der Waals surface area contributed by atoms with Crippen molar-refractivity contribution in [1.82, 2.24) is 0 Å². The third-order valence-corrected chi connectivity index (χ3v) is 3.33. The molecular formula is C17H32O2. The van der Waals surface area contributed by atoms with Gasteiger partial charge < -0.3 is 5.11 Å². The van der Waals surface area contributed by atoms with Gasteiger partial charge in [-0.2, -0.15) is 0 Å². The Balaban J connectivity index is 3.09. The van der Waals surface area contributed by atoms with Crippen LogP contribution < -0.4 is 0 Å². The van der Waals surface area contributed by atoms with Crippen LogP contribution in [0.25, 0.3) is 0 Å². The first-order valence-electron chi connectivity index (χ1n) is 7.99. The fraction of sp³-hybridized carbons (Fsp3) is 0.824. The Morgan fingerprint density at radius 3 is 2.00 bits per heavy atom. The number of aliphatic carboxylic acids is 1. The predicted octanol–water partition coefficient (Wildman–Crippen LogP) is 5.57. The number of hydrogen-bond donors (Lipinski definition) is 1. The zero-order valence-corrected chi connectivity index (χ0v) is 12.9. The highest BCUT2D eigenvalue weighted by Gasteiger charge is 1.96. The third-order valence-electron chi connectivity index (χ3n) is 3.33. The van der Waals surface area contributed by atoms with Crippen LogP contribution >= 0.6 is 0 Å². The first-order chi connectivity index (χ1) is 9.13. The summed E-state index contributed by atoms with van der Waals surface area (Å²) < 4.78 is 0. The number of rotatable bonds is 13. The first kappa shape index (κ1) is 18.2. The van der Waals surface area contributed by atoms with Crippen LogP contribution in [0.1, 0.15) is 84.5 Å². The van der Waals surface area contributed by atoms with E-state index in [0.717, 1.165) is 18.8 Å². The van der Waals surface area contributed by atoms with Crippen molar-refractivity contribution in [3.05, 3.63) is 12.2 Å². The summed E-state index contributed by atoms with van der Waals surface area (Å²) in [4.78, 5) is 10.3. The normalized spacial score (nSPS) is 11.5. The van der Waals surface area contributed by atoms with Gasteiger partial charge in [-0.3, -0.25) is 4.79 Å². The van der Waals surface area contributed by atoms with Crippen LogP contribution in [0, 0.1) is 5.92 Å². The summed E-state index contributed by atoms with van der Waals surface area (Å²) in [6, 6.07) is 0. The number of carbonyl (C=O) groups is 1. The van der Waals surface area contributed by atoms with Gasteiger partial charge in [0.2, 0.25) is 0 Å². The highest BCUT2D eigenvalue weighted by Crippen LogP contribution is 2.10. The smallest absolute Gasteiger partial charge is 0.303 e. The number of hydrogen-bond acceptors (Lipinski definition) is 1. The predicted molar refractivity (Wildman–Crippen MR) is 82.4 cm³/mol. The van der Waals surface area contributed by atoms with Gasteiger partial charge in [0.25, 0.3) is 0 Å². The largest absolute Gasteiger partial charge is 0.481 e. The highest BCUT2D eigenvalue weighted by atomic mass is 16.4. The van der Waals surface area contributed by atoms with Crippen molar-refractivity contribution in [2.75, 3.05) is 0 Å². The molecule has 1 N–H and O–H groups in total. The average molecular weight is 268 g/mol. The zero-order chi connectivity index (χ0) is 14.3. The van der Waals surface area contributed by atoms with Crippen molar-refractivity contribution in [3.63, 3.8) is 0 Å². The van der Waals surface area contributed by atoms with E-state index < -0.39 is 5.97 Å². The van der Waals surface area contributed by atoms with Crippen molar-refractivity contribution < 1.29 is 9.90 Å². The van der Waals surface area contributed by atoms with Gasteiger partial charge in [0, 0.05) is 6.42 Å². The molecular weight excluding hydrogens is 236 g/mol. The monoisotopic (exact) mass is 268 g/mol. The molecule has 0 fully saturated rings. The molecule has 0 aliphatic heterocycles. The second kappa shape index (κ2) is 13.6. The van der Waals surface area contributed by atoms with Gasteiger partial charge in [-0.25, -0.2) is 0 Å². The molecule has 0 aromatic heterocycles. The lowest BCUT2D eigenvalue weighted by molar-refractivity contribution is -0.137. The summed E-state index contributed by atoms with van der Waals surface area (Å²) >= 11 is 0. The van der Waals surface area contributed by atoms with E-state index in [1.165, 1.54) is 51.4 Å². The maximum atomic E-state index is 10.3. The summed E-state index contributed by atoms with van der Waals surface area (Å²) in [6.45, 7) is 4.56. The molecule has 0 aliphatic rings. The molecule has 0 unspecified atom stereocenters. The first-order valence-corrected chi connectivity index (χ1v) is 7.99. The quantitative estimate of drug-likeness (QED) is 0.350. The molecule has 0 atom stereocenters. The molecule has 0 saturated carbocycles. The highest BCUT2D eigenvalue weighted by molar-refractivity contribution is 5.66. The van der Waals surface area contributed by atoms with E-state index in [-0.39, 0.29) is 0 Å². The van der Waals surface area contributed by atoms with E-state index in [1.54, 1.807) is 0 Å². The van der Waals surface area contributed by atoms with Crippen molar-refractivity contribution >= 4 is 5.97 Å². The Bertz CT molecular complexity index is 231. The second-order valence-corrected chi connectivity index (χ2v) is 5.85. The number of carboxylic acid groups (broad SMARTS) is 1. The fourth-order valence-corrected chi connectivity index (χ4v) is 2.13. The van der Waals surface area contributed by atoms with Crippen LogP contribution in [0.5, 0.6) is 0 Å². The fourth-order valence-electron chi connectivity index (χ4n) is 2.13. The molecule has 0 amide bonds. The Kier molecular flexibility index (Phi) is 13.1. The van der Waals surface area contributed by atoms with Crippen molar-refractivity contribution in [3.8, 4) is 0 Å². The summed E-state index contributed by atoms with van der Waals surface area (Å²) in [5, 5.41) is 8.50. The minimum Gasteiger partial charge on any atom is -0.481 e. The molecule has 0 saturated heterocycles. The Labute approximate surface area is 119 Å². The van der Waals surface area contributed by atoms with Crippen LogP contribution in [-0.4, -0.2) is 11.1 Å². The van der Waals surface area contributed by atoms with Crippen molar-refractivity contribution in [1.29, 1.82) is 0 Å². The summed E-state index contributed by atoms with van der Waals surface area (Å²) in [5.41, 5.74) is 0. The molecule has 2 heteroatoms. The average Bonchev–Trinajstić information content (AvgIpc) is 2.34. The summed E-state index contributed by atoms with van der Waals surface area (Å²) in [6.07, 6.45) is 17.0. The van der Waals surface area contributed by atoms with Gasteiger partial charge in [0.15, 0.2) is 0 Å². The SMILES string of the molecule is CC(C)CCCC=CCCCCCCCCC(=O)O. The molecule has 0 aliphatic carbocycles. The number of unbranched alkanes of at least 4 members (excludes halogenated alkanes) is 7. The Hall–Kier alpha value is -0.790. The van der Waals surface area contributed by atoms with Crippen LogP contribution in [0.3, 0.4) is 0 Å². The lowest BCUT2D eigenvalue weighted by Gasteiger charge is -2.01. The lowest BCUT2D eigenvalue weighted by atomic mass is 10.1. The molecule has 0 bridgehead atoms. The number of carboxylic acids is 1. The standard InChI is InChI=1S/C17H32O2/c1-16(2)14-12-10-8-6-4-3-5-7-9-11-13-15-17(18)19/h6,8,16H,3-5,7,9-15H2,1-2H3,(H,18,19). The maximum Gasteiger partial charge on any atom is 0.303 e.